The van der Waals surface area contributed by atoms with Crippen LogP contribution in [-0.2, 0) is 11.2 Å². The molecule has 3 nitrogen and oxygen atoms in total. The van der Waals surface area contributed by atoms with Crippen LogP contribution in [-0.4, -0.2) is 17.2 Å². The number of alkyl carbamates (subject to hydrolysis) is 1. The smallest absolute Gasteiger partial charge is 0.408 e. The molecule has 0 atom stereocenters. The lowest BCUT2D eigenvalue weighted by Crippen LogP contribution is -2.52. The number of rotatable bonds is 3. The zero-order chi connectivity index (χ0) is 16.2. The van der Waals surface area contributed by atoms with Crippen molar-refractivity contribution >= 4 is 22.0 Å². The van der Waals surface area contributed by atoms with E-state index in [1.165, 1.54) is 12.0 Å². The maximum atomic E-state index is 12.2. The number of benzene rings is 1. The highest BCUT2D eigenvalue weighted by molar-refractivity contribution is 9.10. The maximum Gasteiger partial charge on any atom is 0.408 e. The molecule has 0 saturated heterocycles. The second kappa shape index (κ2) is 7.03. The number of ether oxygens (including phenoxy) is 1. The molecule has 0 aromatic heterocycles. The second-order valence-electron chi connectivity index (χ2n) is 7.27. The number of carbonyl (C=O) groups excluding carboxylic acids is 1. The summed E-state index contributed by atoms with van der Waals surface area (Å²) in [6.07, 6.45) is 6.16. The molecule has 0 bridgehead atoms. The van der Waals surface area contributed by atoms with Crippen molar-refractivity contribution in [2.45, 2.75) is 70.4 Å². The Morgan fingerprint density at radius 1 is 1.18 bits per heavy atom. The third kappa shape index (κ3) is 5.31. The first-order chi connectivity index (χ1) is 10.3. The molecule has 1 aromatic carbocycles. The molecule has 1 fully saturated rings. The molecule has 122 valence electrons. The molecule has 1 amide bonds. The number of hydrogen-bond acceptors (Lipinski definition) is 2. The van der Waals surface area contributed by atoms with Gasteiger partial charge in [0.25, 0.3) is 0 Å². The Kier molecular flexibility index (Phi) is 5.54. The quantitative estimate of drug-likeness (QED) is 0.794. The lowest BCUT2D eigenvalue weighted by Gasteiger charge is -2.38. The Balaban J connectivity index is 2.10. The summed E-state index contributed by atoms with van der Waals surface area (Å²) >= 11 is 3.47. The highest BCUT2D eigenvalue weighted by Gasteiger charge is 2.35. The number of hydrogen-bond donors (Lipinski definition) is 1. The van der Waals surface area contributed by atoms with E-state index in [0.29, 0.717) is 0 Å². The van der Waals surface area contributed by atoms with E-state index in [1.54, 1.807) is 0 Å². The van der Waals surface area contributed by atoms with Crippen LogP contribution in [0.5, 0.6) is 0 Å². The summed E-state index contributed by atoms with van der Waals surface area (Å²) in [5, 5.41) is 3.18. The minimum Gasteiger partial charge on any atom is -0.444 e. The van der Waals surface area contributed by atoms with E-state index in [-0.39, 0.29) is 11.6 Å². The summed E-state index contributed by atoms with van der Waals surface area (Å²) in [5.41, 5.74) is 0.618. The van der Waals surface area contributed by atoms with Gasteiger partial charge < -0.3 is 10.1 Å². The second-order valence-corrected chi connectivity index (χ2v) is 8.19. The van der Waals surface area contributed by atoms with Crippen molar-refractivity contribution in [3.63, 3.8) is 0 Å². The van der Waals surface area contributed by atoms with Crippen molar-refractivity contribution in [2.24, 2.45) is 0 Å². The fourth-order valence-corrected chi connectivity index (χ4v) is 3.35. The average molecular weight is 368 g/mol. The normalized spacial score (nSPS) is 17.8. The first-order valence-corrected chi connectivity index (χ1v) is 8.83. The van der Waals surface area contributed by atoms with Crippen LogP contribution in [0.15, 0.2) is 28.7 Å². The first kappa shape index (κ1) is 17.3. The largest absolute Gasteiger partial charge is 0.444 e. The predicted molar refractivity (Wildman–Crippen MR) is 93.0 cm³/mol. The lowest BCUT2D eigenvalue weighted by molar-refractivity contribution is 0.0424. The fraction of sp³-hybridized carbons (Fsp3) is 0.611. The highest BCUT2D eigenvalue weighted by atomic mass is 79.9. The zero-order valence-corrected chi connectivity index (χ0v) is 15.3. The molecular weight excluding hydrogens is 342 g/mol. The van der Waals surface area contributed by atoms with Crippen molar-refractivity contribution in [1.82, 2.24) is 5.32 Å². The molecule has 0 spiro atoms. The van der Waals surface area contributed by atoms with Crippen LogP contribution < -0.4 is 5.32 Å². The van der Waals surface area contributed by atoms with Gasteiger partial charge in [-0.1, -0.05) is 47.3 Å². The van der Waals surface area contributed by atoms with Gasteiger partial charge in [0, 0.05) is 10.0 Å². The van der Waals surface area contributed by atoms with Gasteiger partial charge in [0.05, 0.1) is 0 Å². The molecular formula is C18H26BrNO2. The van der Waals surface area contributed by atoms with Gasteiger partial charge in [-0.2, -0.15) is 0 Å². The van der Waals surface area contributed by atoms with Crippen LogP contribution in [0.2, 0.25) is 0 Å². The molecule has 22 heavy (non-hydrogen) atoms. The van der Waals surface area contributed by atoms with Crippen molar-refractivity contribution in [3.8, 4) is 0 Å². The van der Waals surface area contributed by atoms with Gasteiger partial charge >= 0.3 is 6.09 Å². The monoisotopic (exact) mass is 367 g/mol. The molecule has 4 heteroatoms. The van der Waals surface area contributed by atoms with Crippen LogP contribution in [0, 0.1) is 0 Å². The Labute approximate surface area is 141 Å². The van der Waals surface area contributed by atoms with Crippen LogP contribution in [0.1, 0.15) is 58.4 Å². The first-order valence-electron chi connectivity index (χ1n) is 8.04. The van der Waals surface area contributed by atoms with Gasteiger partial charge in [0.15, 0.2) is 0 Å². The lowest BCUT2D eigenvalue weighted by atomic mass is 9.77. The van der Waals surface area contributed by atoms with Crippen LogP contribution in [0.3, 0.4) is 0 Å². The number of carbonyl (C=O) groups is 1. The van der Waals surface area contributed by atoms with Crippen molar-refractivity contribution in [3.05, 3.63) is 34.3 Å². The molecule has 2 rings (SSSR count). The van der Waals surface area contributed by atoms with Gasteiger partial charge in [-0.15, -0.1) is 0 Å². The van der Waals surface area contributed by atoms with E-state index in [2.05, 4.69) is 45.5 Å². The van der Waals surface area contributed by atoms with Gasteiger partial charge in [0.2, 0.25) is 0 Å². The topological polar surface area (TPSA) is 38.3 Å². The van der Waals surface area contributed by atoms with Gasteiger partial charge in [-0.25, -0.2) is 4.79 Å². The van der Waals surface area contributed by atoms with Crippen LogP contribution in [0.25, 0.3) is 0 Å². The summed E-state index contributed by atoms with van der Waals surface area (Å²) in [4.78, 5) is 12.2. The summed E-state index contributed by atoms with van der Waals surface area (Å²) in [7, 11) is 0. The minimum absolute atomic E-state index is 0.172. The Morgan fingerprint density at radius 3 is 2.32 bits per heavy atom. The third-order valence-electron chi connectivity index (χ3n) is 4.03. The number of halogens is 1. The molecule has 0 unspecified atom stereocenters. The fourth-order valence-electron chi connectivity index (χ4n) is 3.09. The summed E-state index contributed by atoms with van der Waals surface area (Å²) < 4.78 is 6.54. The Morgan fingerprint density at radius 2 is 1.77 bits per heavy atom. The summed E-state index contributed by atoms with van der Waals surface area (Å²) in [6, 6.07) is 8.35. The van der Waals surface area contributed by atoms with Crippen molar-refractivity contribution in [2.75, 3.05) is 0 Å². The number of nitrogens with one attached hydrogen (secondary N) is 1. The van der Waals surface area contributed by atoms with Crippen LogP contribution >= 0.6 is 15.9 Å². The molecule has 0 aliphatic heterocycles. The average Bonchev–Trinajstić information content (AvgIpc) is 2.40. The zero-order valence-electron chi connectivity index (χ0n) is 13.7. The molecule has 1 aliphatic carbocycles. The van der Waals surface area contributed by atoms with Crippen molar-refractivity contribution < 1.29 is 9.53 Å². The molecule has 1 N–H and O–H groups in total. The van der Waals surface area contributed by atoms with Gasteiger partial charge in [-0.05, 0) is 57.7 Å². The van der Waals surface area contributed by atoms with Gasteiger partial charge in [0.1, 0.15) is 5.60 Å². The van der Waals surface area contributed by atoms with Gasteiger partial charge in [-0.3, -0.25) is 0 Å². The van der Waals surface area contributed by atoms with Crippen molar-refractivity contribution in [1.29, 1.82) is 0 Å². The third-order valence-corrected chi connectivity index (χ3v) is 4.56. The molecule has 1 aliphatic rings. The molecule has 0 heterocycles. The van der Waals surface area contributed by atoms with E-state index in [9.17, 15) is 4.79 Å². The van der Waals surface area contributed by atoms with Crippen LogP contribution in [0.4, 0.5) is 4.79 Å². The standard InChI is InChI=1S/C18H26BrNO2/c1-17(2,3)22-16(21)20-18(11-5-4-6-12-18)13-14-7-9-15(19)10-8-14/h7-10H,4-6,11-13H2,1-3H3,(H,20,21). The number of amides is 1. The summed E-state index contributed by atoms with van der Waals surface area (Å²) in [6.45, 7) is 5.69. The van der Waals surface area contributed by atoms with E-state index >= 15 is 0 Å². The molecule has 1 aromatic rings. The minimum atomic E-state index is -0.461. The maximum absolute atomic E-state index is 12.2. The van der Waals surface area contributed by atoms with E-state index in [0.717, 1.165) is 36.6 Å². The Bertz CT molecular complexity index is 499. The SMILES string of the molecule is CC(C)(C)OC(=O)NC1(Cc2ccc(Br)cc2)CCCCC1. The highest BCUT2D eigenvalue weighted by Crippen LogP contribution is 2.32. The summed E-state index contributed by atoms with van der Waals surface area (Å²) in [5.74, 6) is 0. The van der Waals surface area contributed by atoms with E-state index < -0.39 is 5.60 Å². The molecule has 1 saturated carbocycles. The van der Waals surface area contributed by atoms with E-state index in [4.69, 9.17) is 4.74 Å². The Hall–Kier alpha value is -1.03. The van der Waals surface area contributed by atoms with E-state index in [1.807, 2.05) is 20.8 Å². The predicted octanol–water partition coefficient (Wildman–Crippen LogP) is 5.22. The molecule has 0 radical (unpaired) electrons.